The number of anilines is 1. The monoisotopic (exact) mass is 433 g/mol. The molecule has 2 aromatic heterocycles. The van der Waals surface area contributed by atoms with E-state index in [-0.39, 0.29) is 11.6 Å². The zero-order valence-electron chi connectivity index (χ0n) is 17.1. The Kier molecular flexibility index (Phi) is 6.68. The number of rotatable bonds is 9. The first-order chi connectivity index (χ1) is 14.3. The van der Waals surface area contributed by atoms with Crippen molar-refractivity contribution in [1.82, 2.24) is 24.2 Å². The first-order valence-electron chi connectivity index (χ1n) is 9.70. The van der Waals surface area contributed by atoms with Gasteiger partial charge in [0, 0.05) is 13.1 Å². The van der Waals surface area contributed by atoms with Crippen LogP contribution in [0.15, 0.2) is 24.3 Å². The van der Waals surface area contributed by atoms with Crippen LogP contribution in [0, 0.1) is 17.0 Å². The number of benzene rings is 1. The van der Waals surface area contributed by atoms with Gasteiger partial charge in [0.25, 0.3) is 0 Å². The second kappa shape index (κ2) is 9.23. The average Bonchev–Trinajstić information content (AvgIpc) is 3.20. The molecule has 0 aliphatic rings. The van der Waals surface area contributed by atoms with Crippen LogP contribution in [-0.2, 0) is 17.9 Å². The number of nitrogens with zero attached hydrogens (tertiary/aromatic N) is 6. The number of fused-ring (bicyclic) bond motifs is 1. The summed E-state index contributed by atoms with van der Waals surface area (Å²) in [5, 5.41) is 17.6. The first kappa shape index (κ1) is 21.7. The molecular formula is C19H24ClN7O3. The number of nitrogens with one attached hydrogen (secondary N) is 1. The molecule has 1 amide bonds. The van der Waals surface area contributed by atoms with Crippen molar-refractivity contribution in [2.75, 3.05) is 25.0 Å². The maximum atomic E-state index is 12.7. The molecule has 0 saturated heterocycles. The number of nitro groups is 1. The molecule has 1 N–H and O–H groups in total. The lowest BCUT2D eigenvalue weighted by Gasteiger charge is -2.19. The summed E-state index contributed by atoms with van der Waals surface area (Å²) in [5.41, 5.74) is 2.06. The molecule has 10 nitrogen and oxygen atoms in total. The summed E-state index contributed by atoms with van der Waals surface area (Å²) in [6, 6.07) is 7.67. The van der Waals surface area contributed by atoms with E-state index in [1.807, 2.05) is 28.8 Å². The lowest BCUT2D eigenvalue weighted by atomic mass is 10.3. The lowest BCUT2D eigenvalue weighted by molar-refractivity contribution is -0.389. The number of hydrogen-bond acceptors (Lipinski definition) is 6. The van der Waals surface area contributed by atoms with Gasteiger partial charge < -0.3 is 19.6 Å². The molecule has 0 aliphatic heterocycles. The second-order valence-corrected chi connectivity index (χ2v) is 7.17. The summed E-state index contributed by atoms with van der Waals surface area (Å²) >= 11 is 5.95. The third kappa shape index (κ3) is 4.44. The van der Waals surface area contributed by atoms with E-state index in [4.69, 9.17) is 11.6 Å². The molecule has 0 atom stereocenters. The van der Waals surface area contributed by atoms with Gasteiger partial charge in [-0.1, -0.05) is 37.6 Å². The quantitative estimate of drug-likeness (QED) is 0.410. The van der Waals surface area contributed by atoms with Crippen LogP contribution in [0.2, 0.25) is 5.02 Å². The lowest BCUT2D eigenvalue weighted by Crippen LogP contribution is -2.28. The van der Waals surface area contributed by atoms with Crippen molar-refractivity contribution in [2.45, 2.75) is 33.9 Å². The normalized spacial score (nSPS) is 11.4. The zero-order valence-corrected chi connectivity index (χ0v) is 17.9. The van der Waals surface area contributed by atoms with Crippen molar-refractivity contribution in [3.63, 3.8) is 0 Å². The highest BCUT2D eigenvalue weighted by molar-refractivity contribution is 6.33. The first-order valence-corrected chi connectivity index (χ1v) is 10.1. The molecule has 0 bridgehead atoms. The van der Waals surface area contributed by atoms with Crippen LogP contribution in [0.1, 0.15) is 19.5 Å². The molecule has 2 heterocycles. The number of para-hydroxylation sites is 2. The topological polar surface area (TPSA) is 111 Å². The van der Waals surface area contributed by atoms with Crippen molar-refractivity contribution < 1.29 is 9.72 Å². The summed E-state index contributed by atoms with van der Waals surface area (Å²) in [6.45, 7) is 8.93. The molecule has 0 fully saturated rings. The Balaban J connectivity index is 1.83. The highest BCUT2D eigenvalue weighted by Crippen LogP contribution is 2.26. The largest absolute Gasteiger partial charge is 0.408 e. The van der Waals surface area contributed by atoms with Gasteiger partial charge in [-0.15, -0.1) is 0 Å². The van der Waals surface area contributed by atoms with E-state index in [0.29, 0.717) is 18.2 Å². The van der Waals surface area contributed by atoms with E-state index in [2.05, 4.69) is 34.1 Å². The molecule has 30 heavy (non-hydrogen) atoms. The van der Waals surface area contributed by atoms with Crippen LogP contribution >= 0.6 is 11.6 Å². The smallest absolute Gasteiger partial charge is 0.358 e. The fourth-order valence-electron chi connectivity index (χ4n) is 3.26. The number of carbonyl (C=O) groups excluding carboxylic acids is 1. The van der Waals surface area contributed by atoms with Crippen molar-refractivity contribution in [3.8, 4) is 0 Å². The third-order valence-electron chi connectivity index (χ3n) is 5.02. The molecule has 3 aromatic rings. The molecule has 0 saturated carbocycles. The van der Waals surface area contributed by atoms with E-state index in [1.165, 1.54) is 4.68 Å². The number of carbonyl (C=O) groups is 1. The van der Waals surface area contributed by atoms with Crippen LogP contribution in [0.4, 0.5) is 11.8 Å². The molecule has 0 spiro atoms. The zero-order chi connectivity index (χ0) is 21.8. The molecule has 1 aromatic carbocycles. The molecule has 0 aliphatic carbocycles. The van der Waals surface area contributed by atoms with E-state index in [1.54, 1.807) is 6.92 Å². The number of likely N-dealkylation sites (N-methyl/N-ethyl adjacent to an activating group) is 1. The van der Waals surface area contributed by atoms with E-state index in [0.717, 1.165) is 30.7 Å². The summed E-state index contributed by atoms with van der Waals surface area (Å²) in [7, 11) is 0. The number of aromatic nitrogens is 4. The van der Waals surface area contributed by atoms with Gasteiger partial charge in [0.2, 0.25) is 11.9 Å². The van der Waals surface area contributed by atoms with Gasteiger partial charge in [-0.3, -0.25) is 10.1 Å². The molecule has 3 rings (SSSR count). The summed E-state index contributed by atoms with van der Waals surface area (Å²) in [5.74, 6) is -0.432. The van der Waals surface area contributed by atoms with Gasteiger partial charge in [-0.2, -0.15) is 4.68 Å². The van der Waals surface area contributed by atoms with Gasteiger partial charge >= 0.3 is 5.82 Å². The summed E-state index contributed by atoms with van der Waals surface area (Å²) < 4.78 is 3.19. The van der Waals surface area contributed by atoms with Crippen LogP contribution in [0.25, 0.3) is 11.0 Å². The number of hydrogen-bond donors (Lipinski definition) is 1. The van der Waals surface area contributed by atoms with Crippen molar-refractivity contribution >= 4 is 40.3 Å². The number of imidazole rings is 1. The minimum Gasteiger partial charge on any atom is -0.358 e. The SMILES string of the molecule is CCN(CC)CCn1c(NC(=O)Cn2nc([N+](=O)[O-])c(Cl)c2C)nc2ccccc21. The van der Waals surface area contributed by atoms with Crippen LogP contribution in [-0.4, -0.2) is 54.7 Å². The summed E-state index contributed by atoms with van der Waals surface area (Å²) in [6.07, 6.45) is 0. The van der Waals surface area contributed by atoms with Crippen LogP contribution in [0.3, 0.4) is 0 Å². The maximum Gasteiger partial charge on any atom is 0.408 e. The molecule has 0 radical (unpaired) electrons. The minimum absolute atomic E-state index is 0.0701. The minimum atomic E-state index is -0.670. The Morgan fingerprint density at radius 1 is 1.30 bits per heavy atom. The van der Waals surface area contributed by atoms with E-state index in [9.17, 15) is 14.9 Å². The molecule has 0 unspecified atom stereocenters. The number of amides is 1. The van der Waals surface area contributed by atoms with E-state index < -0.39 is 16.6 Å². The Hall–Kier alpha value is -2.98. The Morgan fingerprint density at radius 2 is 2.00 bits per heavy atom. The van der Waals surface area contributed by atoms with Gasteiger partial charge in [-0.25, -0.2) is 4.98 Å². The third-order valence-corrected chi connectivity index (χ3v) is 5.47. The van der Waals surface area contributed by atoms with Crippen molar-refractivity contribution in [3.05, 3.63) is 45.1 Å². The highest BCUT2D eigenvalue weighted by Gasteiger charge is 2.25. The Bertz CT molecular complexity index is 1070. The number of halogens is 1. The Labute approximate surface area is 178 Å². The average molecular weight is 434 g/mol. The van der Waals surface area contributed by atoms with E-state index >= 15 is 0 Å². The molecule has 11 heteroatoms. The predicted octanol–water partition coefficient (Wildman–Crippen LogP) is 3.08. The highest BCUT2D eigenvalue weighted by atomic mass is 35.5. The molecular weight excluding hydrogens is 410 g/mol. The van der Waals surface area contributed by atoms with Crippen molar-refractivity contribution in [2.24, 2.45) is 0 Å². The van der Waals surface area contributed by atoms with Gasteiger partial charge in [0.1, 0.15) is 6.54 Å². The van der Waals surface area contributed by atoms with Crippen LogP contribution in [0.5, 0.6) is 0 Å². The van der Waals surface area contributed by atoms with Gasteiger partial charge in [0.05, 0.1) is 21.8 Å². The standard InChI is InChI=1S/C19H24ClN7O3/c1-4-24(5-2)10-11-25-15-9-7-6-8-14(15)21-19(25)22-16(28)12-26-13(3)17(20)18(23-26)27(29)30/h6-9H,4-5,10-12H2,1-3H3,(H,21,22,28). The van der Waals surface area contributed by atoms with Gasteiger partial charge in [-0.05, 0) is 37.1 Å². The van der Waals surface area contributed by atoms with Gasteiger partial charge in [0.15, 0.2) is 5.02 Å². The van der Waals surface area contributed by atoms with Crippen molar-refractivity contribution in [1.29, 1.82) is 0 Å². The molecule has 160 valence electrons. The predicted molar refractivity (Wildman–Crippen MR) is 115 cm³/mol. The fraction of sp³-hybridized carbons (Fsp3) is 0.421. The fourth-order valence-corrected chi connectivity index (χ4v) is 3.46. The second-order valence-electron chi connectivity index (χ2n) is 6.79. The summed E-state index contributed by atoms with van der Waals surface area (Å²) in [4.78, 5) is 29.8. The Morgan fingerprint density at radius 3 is 2.63 bits per heavy atom. The van der Waals surface area contributed by atoms with Crippen LogP contribution < -0.4 is 5.32 Å². The maximum absolute atomic E-state index is 12.7.